The maximum absolute atomic E-state index is 12.7. The molecule has 3 rings (SSSR count). The summed E-state index contributed by atoms with van der Waals surface area (Å²) in [6, 6.07) is 17.2. The van der Waals surface area contributed by atoms with E-state index in [1.165, 1.54) is 0 Å². The van der Waals surface area contributed by atoms with Crippen LogP contribution in [0.15, 0.2) is 59.7 Å². The molecule has 0 aliphatic heterocycles. The molecular formula is C22H23N3O2. The Morgan fingerprint density at radius 3 is 2.56 bits per heavy atom. The third kappa shape index (κ3) is 4.50. The second-order valence-corrected chi connectivity index (χ2v) is 6.44. The van der Waals surface area contributed by atoms with Crippen LogP contribution in [0.3, 0.4) is 0 Å². The molecule has 1 N–H and O–H groups in total. The molecule has 1 aromatic heterocycles. The molecule has 5 heteroatoms. The van der Waals surface area contributed by atoms with Gasteiger partial charge in [-0.2, -0.15) is 5.10 Å². The van der Waals surface area contributed by atoms with E-state index in [0.717, 1.165) is 40.0 Å². The average Bonchev–Trinajstić information content (AvgIpc) is 2.70. The molecule has 0 aliphatic rings. The lowest BCUT2D eigenvalue weighted by Gasteiger charge is -2.10. The number of aromatic nitrogens is 1. The molecule has 0 saturated carbocycles. The van der Waals surface area contributed by atoms with Crippen LogP contribution in [0.5, 0.6) is 5.75 Å². The summed E-state index contributed by atoms with van der Waals surface area (Å²) in [7, 11) is 0. The van der Waals surface area contributed by atoms with Gasteiger partial charge in [-0.15, -0.1) is 0 Å². The molecule has 0 radical (unpaired) electrons. The van der Waals surface area contributed by atoms with Gasteiger partial charge in [0.2, 0.25) is 0 Å². The van der Waals surface area contributed by atoms with Crippen LogP contribution in [-0.4, -0.2) is 23.2 Å². The first-order valence-electron chi connectivity index (χ1n) is 9.02. The van der Waals surface area contributed by atoms with Crippen molar-refractivity contribution in [3.63, 3.8) is 0 Å². The van der Waals surface area contributed by atoms with Gasteiger partial charge in [0.15, 0.2) is 0 Å². The van der Waals surface area contributed by atoms with Crippen LogP contribution < -0.4 is 10.2 Å². The maximum Gasteiger partial charge on any atom is 0.272 e. The lowest BCUT2D eigenvalue weighted by atomic mass is 10.0. The number of rotatable bonds is 6. The van der Waals surface area contributed by atoms with Gasteiger partial charge in [-0.25, -0.2) is 10.4 Å². The zero-order chi connectivity index (χ0) is 19.2. The number of hydrazone groups is 1. The molecule has 0 spiro atoms. The third-order valence-electron chi connectivity index (χ3n) is 3.96. The number of ether oxygens (including phenoxy) is 1. The van der Waals surface area contributed by atoms with E-state index < -0.39 is 0 Å². The van der Waals surface area contributed by atoms with Crippen molar-refractivity contribution in [1.82, 2.24) is 10.4 Å². The highest BCUT2D eigenvalue weighted by atomic mass is 16.5. The molecule has 138 valence electrons. The highest BCUT2D eigenvalue weighted by Crippen LogP contribution is 2.26. The maximum atomic E-state index is 12.7. The van der Waals surface area contributed by atoms with Crippen molar-refractivity contribution in [1.29, 1.82) is 0 Å². The van der Waals surface area contributed by atoms with Crippen LogP contribution >= 0.6 is 0 Å². The van der Waals surface area contributed by atoms with Crippen molar-refractivity contribution in [3.05, 3.63) is 60.2 Å². The predicted molar refractivity (Wildman–Crippen MR) is 109 cm³/mol. The summed E-state index contributed by atoms with van der Waals surface area (Å²) < 4.78 is 5.63. The number of pyridine rings is 1. The summed E-state index contributed by atoms with van der Waals surface area (Å²) in [5.74, 6) is 0.575. The van der Waals surface area contributed by atoms with Crippen LogP contribution in [0.2, 0.25) is 0 Å². The van der Waals surface area contributed by atoms with Crippen LogP contribution in [0.1, 0.15) is 37.6 Å². The van der Waals surface area contributed by atoms with Gasteiger partial charge in [-0.3, -0.25) is 4.79 Å². The summed E-state index contributed by atoms with van der Waals surface area (Å²) in [5, 5.41) is 4.83. The first kappa shape index (κ1) is 18.6. The van der Waals surface area contributed by atoms with Gasteiger partial charge in [0, 0.05) is 16.7 Å². The Labute approximate surface area is 159 Å². The Balaban J connectivity index is 2.01. The van der Waals surface area contributed by atoms with E-state index in [0.29, 0.717) is 12.2 Å². The summed E-state index contributed by atoms with van der Waals surface area (Å²) >= 11 is 0. The van der Waals surface area contributed by atoms with Crippen molar-refractivity contribution in [2.75, 3.05) is 6.61 Å². The van der Waals surface area contributed by atoms with Crippen LogP contribution in [0.25, 0.3) is 22.2 Å². The van der Waals surface area contributed by atoms with E-state index >= 15 is 0 Å². The molecule has 0 fully saturated rings. The Hall–Kier alpha value is -3.21. The average molecular weight is 361 g/mol. The molecule has 5 nitrogen and oxygen atoms in total. The van der Waals surface area contributed by atoms with E-state index in [9.17, 15) is 4.79 Å². The molecule has 3 aromatic rings. The van der Waals surface area contributed by atoms with Gasteiger partial charge >= 0.3 is 0 Å². The van der Waals surface area contributed by atoms with E-state index in [1.54, 1.807) is 6.07 Å². The molecular weight excluding hydrogens is 338 g/mol. The Bertz CT molecular complexity index is 975. The van der Waals surface area contributed by atoms with E-state index in [1.807, 2.05) is 62.4 Å². The number of hydrogen-bond acceptors (Lipinski definition) is 4. The zero-order valence-electron chi connectivity index (χ0n) is 15.8. The fraction of sp³-hybridized carbons (Fsp3) is 0.227. The number of hydrogen-bond donors (Lipinski definition) is 1. The van der Waals surface area contributed by atoms with Crippen LogP contribution in [0.4, 0.5) is 0 Å². The predicted octanol–water partition coefficient (Wildman–Crippen LogP) is 4.82. The molecule has 0 bridgehead atoms. The lowest BCUT2D eigenvalue weighted by molar-refractivity contribution is 0.0956. The number of benzene rings is 2. The lowest BCUT2D eigenvalue weighted by Crippen LogP contribution is -2.19. The van der Waals surface area contributed by atoms with Gasteiger partial charge < -0.3 is 4.74 Å². The number of nitrogens with one attached hydrogen (secondary N) is 1. The highest BCUT2D eigenvalue weighted by molar-refractivity contribution is 6.07. The number of carbonyl (C=O) groups excluding carboxylic acids is 1. The second kappa shape index (κ2) is 8.45. The quantitative estimate of drug-likeness (QED) is 0.506. The fourth-order valence-electron chi connectivity index (χ4n) is 2.68. The Kier molecular flexibility index (Phi) is 5.81. The summed E-state index contributed by atoms with van der Waals surface area (Å²) in [6.07, 6.45) is 0.964. The van der Waals surface area contributed by atoms with Gasteiger partial charge in [0.05, 0.1) is 23.4 Å². The van der Waals surface area contributed by atoms with E-state index in [2.05, 4.69) is 17.5 Å². The van der Waals surface area contributed by atoms with Crippen molar-refractivity contribution < 1.29 is 9.53 Å². The van der Waals surface area contributed by atoms with Crippen molar-refractivity contribution in [2.24, 2.45) is 5.10 Å². The first-order valence-corrected chi connectivity index (χ1v) is 9.02. The molecule has 0 saturated heterocycles. The number of carbonyl (C=O) groups is 1. The minimum Gasteiger partial charge on any atom is -0.494 e. The second-order valence-electron chi connectivity index (χ2n) is 6.44. The van der Waals surface area contributed by atoms with Crippen molar-refractivity contribution >= 4 is 22.5 Å². The third-order valence-corrected chi connectivity index (χ3v) is 3.96. The summed E-state index contributed by atoms with van der Waals surface area (Å²) in [5.41, 5.74) is 6.36. The topological polar surface area (TPSA) is 63.6 Å². The molecule has 1 amide bonds. The summed E-state index contributed by atoms with van der Waals surface area (Å²) in [6.45, 7) is 6.43. The minimum absolute atomic E-state index is 0.251. The SMILES string of the molecule is CCCOc1ccc(-c2cc(C(=O)NN=C(C)C)c3ccccc3n2)cc1. The van der Waals surface area contributed by atoms with Crippen molar-refractivity contribution in [3.8, 4) is 17.0 Å². The number of fused-ring (bicyclic) bond motifs is 1. The number of amides is 1. The molecule has 0 aliphatic carbocycles. The van der Waals surface area contributed by atoms with E-state index in [-0.39, 0.29) is 5.91 Å². The van der Waals surface area contributed by atoms with Gasteiger partial charge in [-0.05, 0) is 56.7 Å². The van der Waals surface area contributed by atoms with Crippen LogP contribution in [0, 0.1) is 0 Å². The monoisotopic (exact) mass is 361 g/mol. The number of para-hydroxylation sites is 1. The number of nitrogens with zero attached hydrogens (tertiary/aromatic N) is 2. The van der Waals surface area contributed by atoms with Gasteiger partial charge in [0.25, 0.3) is 5.91 Å². The Morgan fingerprint density at radius 1 is 1.11 bits per heavy atom. The van der Waals surface area contributed by atoms with Crippen LogP contribution in [-0.2, 0) is 0 Å². The zero-order valence-corrected chi connectivity index (χ0v) is 15.8. The standard InChI is InChI=1S/C22H23N3O2/c1-4-13-27-17-11-9-16(10-12-17)21-14-19(22(26)25-24-15(2)3)18-7-5-6-8-20(18)23-21/h5-12,14H,4,13H2,1-3H3,(H,25,26). The first-order chi connectivity index (χ1) is 13.1. The van der Waals surface area contributed by atoms with Gasteiger partial charge in [-0.1, -0.05) is 25.1 Å². The smallest absolute Gasteiger partial charge is 0.272 e. The molecule has 1 heterocycles. The fourth-order valence-corrected chi connectivity index (χ4v) is 2.68. The largest absolute Gasteiger partial charge is 0.494 e. The summed E-state index contributed by atoms with van der Waals surface area (Å²) in [4.78, 5) is 17.4. The Morgan fingerprint density at radius 2 is 1.85 bits per heavy atom. The normalized spacial score (nSPS) is 10.5. The van der Waals surface area contributed by atoms with Crippen molar-refractivity contribution in [2.45, 2.75) is 27.2 Å². The molecule has 27 heavy (non-hydrogen) atoms. The molecule has 2 aromatic carbocycles. The molecule has 0 unspecified atom stereocenters. The minimum atomic E-state index is -0.251. The van der Waals surface area contributed by atoms with E-state index in [4.69, 9.17) is 9.72 Å². The molecule has 0 atom stereocenters. The highest BCUT2D eigenvalue weighted by Gasteiger charge is 2.13. The van der Waals surface area contributed by atoms with Gasteiger partial charge in [0.1, 0.15) is 5.75 Å².